The highest BCUT2D eigenvalue weighted by Gasteiger charge is 2.26. The van der Waals surface area contributed by atoms with Gasteiger partial charge in [0.2, 0.25) is 0 Å². The van der Waals surface area contributed by atoms with E-state index in [9.17, 15) is 14.0 Å². The minimum atomic E-state index is -0.354. The van der Waals surface area contributed by atoms with Crippen molar-refractivity contribution in [1.29, 1.82) is 0 Å². The molecule has 0 bridgehead atoms. The Balaban J connectivity index is 1.34. The van der Waals surface area contributed by atoms with E-state index in [1.54, 1.807) is 24.8 Å². The predicted molar refractivity (Wildman–Crippen MR) is 114 cm³/mol. The van der Waals surface area contributed by atoms with Crippen LogP contribution in [0.25, 0.3) is 0 Å². The van der Waals surface area contributed by atoms with Crippen LogP contribution in [0.3, 0.4) is 0 Å². The van der Waals surface area contributed by atoms with E-state index >= 15 is 0 Å². The summed E-state index contributed by atoms with van der Waals surface area (Å²) in [6.07, 6.45) is 6.50. The number of halogens is 1. The van der Waals surface area contributed by atoms with E-state index in [4.69, 9.17) is 0 Å². The lowest BCUT2D eigenvalue weighted by atomic mass is 9.92. The maximum Gasteiger partial charge on any atom is 0.272 e. The number of carbonyl (C=O) groups excluding carboxylic acids is 2. The number of nitrogens with zero attached hydrogens (tertiary/aromatic N) is 4. The summed E-state index contributed by atoms with van der Waals surface area (Å²) in [5, 5.41) is 2.73. The van der Waals surface area contributed by atoms with E-state index in [2.05, 4.69) is 15.3 Å². The quantitative estimate of drug-likeness (QED) is 0.681. The van der Waals surface area contributed by atoms with E-state index in [0.29, 0.717) is 36.6 Å². The molecule has 1 aliphatic rings. The summed E-state index contributed by atoms with van der Waals surface area (Å²) in [6.45, 7) is 4.02. The lowest BCUT2D eigenvalue weighted by Crippen LogP contribution is -2.38. The SMILES string of the molecule is CCn1cncc1C(=O)N1CCC(c2ccc(C(=O)Nc3ccc(F)cc3)cn2)CC1. The number of likely N-dealkylation sites (tertiary alicyclic amines) is 1. The molecule has 1 aromatic carbocycles. The van der Waals surface area contributed by atoms with Gasteiger partial charge in [0.05, 0.1) is 18.1 Å². The van der Waals surface area contributed by atoms with E-state index in [0.717, 1.165) is 18.5 Å². The summed E-state index contributed by atoms with van der Waals surface area (Å²) >= 11 is 0. The molecule has 3 heterocycles. The second kappa shape index (κ2) is 9.07. The average Bonchev–Trinajstić information content (AvgIpc) is 3.29. The number of benzene rings is 1. The van der Waals surface area contributed by atoms with Crippen molar-refractivity contribution in [1.82, 2.24) is 19.4 Å². The molecule has 1 saturated heterocycles. The number of amides is 2. The molecule has 1 aliphatic heterocycles. The molecule has 0 atom stereocenters. The summed E-state index contributed by atoms with van der Waals surface area (Å²) in [6, 6.07) is 9.23. The van der Waals surface area contributed by atoms with Crippen LogP contribution in [-0.2, 0) is 6.54 Å². The third-order valence-corrected chi connectivity index (χ3v) is 5.62. The van der Waals surface area contributed by atoms with Crippen molar-refractivity contribution >= 4 is 17.5 Å². The van der Waals surface area contributed by atoms with Gasteiger partial charge >= 0.3 is 0 Å². The van der Waals surface area contributed by atoms with Crippen LogP contribution in [0, 0.1) is 5.82 Å². The Morgan fingerprint density at radius 2 is 1.84 bits per heavy atom. The lowest BCUT2D eigenvalue weighted by Gasteiger charge is -2.31. The zero-order valence-corrected chi connectivity index (χ0v) is 17.3. The smallest absolute Gasteiger partial charge is 0.272 e. The van der Waals surface area contributed by atoms with Gasteiger partial charge in [0.15, 0.2) is 0 Å². The molecule has 4 rings (SSSR count). The topological polar surface area (TPSA) is 80.1 Å². The number of anilines is 1. The van der Waals surface area contributed by atoms with E-state index in [1.165, 1.54) is 24.3 Å². The molecule has 31 heavy (non-hydrogen) atoms. The largest absolute Gasteiger partial charge is 0.337 e. The third-order valence-electron chi connectivity index (χ3n) is 5.62. The van der Waals surface area contributed by atoms with Crippen LogP contribution >= 0.6 is 0 Å². The van der Waals surface area contributed by atoms with Gasteiger partial charge in [0.1, 0.15) is 11.5 Å². The maximum atomic E-state index is 13.0. The normalized spacial score (nSPS) is 14.5. The van der Waals surface area contributed by atoms with E-state index in [-0.39, 0.29) is 23.5 Å². The molecular formula is C23H24FN5O2. The highest BCUT2D eigenvalue weighted by Crippen LogP contribution is 2.27. The van der Waals surface area contributed by atoms with Crippen molar-refractivity contribution < 1.29 is 14.0 Å². The minimum Gasteiger partial charge on any atom is -0.337 e. The number of rotatable bonds is 5. The Morgan fingerprint density at radius 1 is 1.10 bits per heavy atom. The van der Waals surface area contributed by atoms with Crippen molar-refractivity contribution in [3.63, 3.8) is 0 Å². The molecule has 8 heteroatoms. The van der Waals surface area contributed by atoms with Gasteiger partial charge in [0, 0.05) is 43.1 Å². The number of pyridine rings is 1. The van der Waals surface area contributed by atoms with Crippen LogP contribution in [0.2, 0.25) is 0 Å². The molecule has 2 aromatic heterocycles. The Kier molecular flexibility index (Phi) is 6.06. The molecule has 2 amide bonds. The lowest BCUT2D eigenvalue weighted by molar-refractivity contribution is 0.0701. The van der Waals surface area contributed by atoms with Gasteiger partial charge < -0.3 is 14.8 Å². The van der Waals surface area contributed by atoms with Gasteiger partial charge in [-0.15, -0.1) is 0 Å². The Labute approximate surface area is 179 Å². The zero-order valence-electron chi connectivity index (χ0n) is 17.3. The first-order valence-corrected chi connectivity index (χ1v) is 10.4. The first kappa shape index (κ1) is 20.7. The maximum absolute atomic E-state index is 13.0. The standard InChI is InChI=1S/C23H24FN5O2/c1-2-28-15-25-14-21(28)23(31)29-11-9-16(10-12-29)20-8-3-17(13-26-20)22(30)27-19-6-4-18(24)5-7-19/h3-8,13-16H,2,9-12H2,1H3,(H,27,30). The fourth-order valence-electron chi connectivity index (χ4n) is 3.81. The predicted octanol–water partition coefficient (Wildman–Crippen LogP) is 3.71. The summed E-state index contributed by atoms with van der Waals surface area (Å²) in [7, 11) is 0. The Morgan fingerprint density at radius 3 is 2.48 bits per heavy atom. The number of aromatic nitrogens is 3. The van der Waals surface area contributed by atoms with Crippen LogP contribution in [-0.4, -0.2) is 44.3 Å². The molecule has 160 valence electrons. The molecule has 1 fully saturated rings. The van der Waals surface area contributed by atoms with E-state index < -0.39 is 0 Å². The van der Waals surface area contributed by atoms with Crippen molar-refractivity contribution in [2.24, 2.45) is 0 Å². The van der Waals surface area contributed by atoms with Gasteiger partial charge in [-0.25, -0.2) is 9.37 Å². The highest BCUT2D eigenvalue weighted by molar-refractivity contribution is 6.04. The molecule has 3 aromatic rings. The Hall–Kier alpha value is -3.55. The van der Waals surface area contributed by atoms with Gasteiger partial charge in [-0.05, 0) is 56.2 Å². The van der Waals surface area contributed by atoms with Gasteiger partial charge in [-0.3, -0.25) is 14.6 Å². The van der Waals surface area contributed by atoms with Crippen LogP contribution < -0.4 is 5.32 Å². The second-order valence-corrected chi connectivity index (χ2v) is 7.56. The zero-order chi connectivity index (χ0) is 21.8. The number of imidazole rings is 1. The van der Waals surface area contributed by atoms with Gasteiger partial charge in [-0.2, -0.15) is 0 Å². The molecule has 1 N–H and O–H groups in total. The summed E-state index contributed by atoms with van der Waals surface area (Å²) < 4.78 is 14.8. The van der Waals surface area contributed by atoms with E-state index in [1.807, 2.05) is 22.5 Å². The van der Waals surface area contributed by atoms with Gasteiger partial charge in [0.25, 0.3) is 11.8 Å². The fraction of sp³-hybridized carbons (Fsp3) is 0.304. The summed E-state index contributed by atoms with van der Waals surface area (Å²) in [5.41, 5.74) is 2.50. The number of hydrogen-bond donors (Lipinski definition) is 1. The third kappa shape index (κ3) is 4.63. The van der Waals surface area contributed by atoms with Crippen LogP contribution in [0.5, 0.6) is 0 Å². The monoisotopic (exact) mass is 421 g/mol. The average molecular weight is 421 g/mol. The number of piperidine rings is 1. The van der Waals surface area contributed by atoms with Crippen molar-refractivity contribution in [2.75, 3.05) is 18.4 Å². The number of carbonyl (C=O) groups is 2. The molecule has 0 spiro atoms. The summed E-state index contributed by atoms with van der Waals surface area (Å²) in [4.78, 5) is 35.6. The number of nitrogens with one attached hydrogen (secondary N) is 1. The fourth-order valence-corrected chi connectivity index (χ4v) is 3.81. The van der Waals surface area contributed by atoms with Crippen LogP contribution in [0.15, 0.2) is 55.1 Å². The molecule has 0 radical (unpaired) electrons. The molecule has 7 nitrogen and oxygen atoms in total. The molecule has 0 saturated carbocycles. The number of aryl methyl sites for hydroxylation is 1. The molecule has 0 aliphatic carbocycles. The van der Waals surface area contributed by atoms with Crippen LogP contribution in [0.4, 0.5) is 10.1 Å². The molecular weight excluding hydrogens is 397 g/mol. The number of hydrogen-bond acceptors (Lipinski definition) is 4. The molecule has 0 unspecified atom stereocenters. The van der Waals surface area contributed by atoms with Crippen molar-refractivity contribution in [3.05, 3.63) is 77.9 Å². The van der Waals surface area contributed by atoms with Gasteiger partial charge in [-0.1, -0.05) is 0 Å². The minimum absolute atomic E-state index is 0.0126. The second-order valence-electron chi connectivity index (χ2n) is 7.56. The first-order chi connectivity index (χ1) is 15.0. The Bertz CT molecular complexity index is 1050. The first-order valence-electron chi connectivity index (χ1n) is 10.4. The van der Waals surface area contributed by atoms with Crippen molar-refractivity contribution in [3.8, 4) is 0 Å². The summed E-state index contributed by atoms with van der Waals surface area (Å²) in [5.74, 6) is -0.390. The van der Waals surface area contributed by atoms with Crippen LogP contribution in [0.1, 0.15) is 52.2 Å². The highest BCUT2D eigenvalue weighted by atomic mass is 19.1. The van der Waals surface area contributed by atoms with Crippen molar-refractivity contribution in [2.45, 2.75) is 32.2 Å².